The third kappa shape index (κ3) is 2.93. The zero-order valence-corrected chi connectivity index (χ0v) is 12.9. The van der Waals surface area contributed by atoms with Gasteiger partial charge in [0.05, 0.1) is 15.8 Å². The average molecular weight is 349 g/mol. The SMILES string of the molecule is O=C1CCN(Cc2ccccc2)c2c(ccc(F)c2Br)N1. The van der Waals surface area contributed by atoms with Crippen molar-refractivity contribution in [3.63, 3.8) is 0 Å². The van der Waals surface area contributed by atoms with E-state index in [4.69, 9.17) is 0 Å². The number of nitrogens with one attached hydrogen (secondary N) is 1. The summed E-state index contributed by atoms with van der Waals surface area (Å²) < 4.78 is 14.2. The highest BCUT2D eigenvalue weighted by Crippen LogP contribution is 2.38. The minimum Gasteiger partial charge on any atom is -0.364 e. The number of carbonyl (C=O) groups is 1. The number of halogens is 2. The first-order chi connectivity index (χ1) is 10.1. The lowest BCUT2D eigenvalue weighted by Gasteiger charge is -2.25. The van der Waals surface area contributed by atoms with Crippen LogP contribution in [0.15, 0.2) is 46.9 Å². The van der Waals surface area contributed by atoms with Gasteiger partial charge in [0.2, 0.25) is 5.91 Å². The summed E-state index contributed by atoms with van der Waals surface area (Å²) in [7, 11) is 0. The Bertz CT molecular complexity index is 675. The molecule has 3 nitrogen and oxygen atoms in total. The minimum absolute atomic E-state index is 0.0506. The van der Waals surface area contributed by atoms with Crippen LogP contribution in [-0.4, -0.2) is 12.5 Å². The van der Waals surface area contributed by atoms with Gasteiger partial charge in [-0.25, -0.2) is 4.39 Å². The third-order valence-corrected chi connectivity index (χ3v) is 4.24. The summed E-state index contributed by atoms with van der Waals surface area (Å²) in [6.45, 7) is 1.18. The van der Waals surface area contributed by atoms with Crippen LogP contribution >= 0.6 is 15.9 Å². The van der Waals surface area contributed by atoms with Gasteiger partial charge >= 0.3 is 0 Å². The Labute approximate surface area is 130 Å². The Kier molecular flexibility index (Phi) is 3.92. The van der Waals surface area contributed by atoms with Crippen LogP contribution < -0.4 is 10.2 Å². The van der Waals surface area contributed by atoms with Crippen molar-refractivity contribution >= 4 is 33.2 Å². The van der Waals surface area contributed by atoms with Crippen LogP contribution in [0.1, 0.15) is 12.0 Å². The van der Waals surface area contributed by atoms with Gasteiger partial charge in [0.1, 0.15) is 5.82 Å². The van der Waals surface area contributed by atoms with Gasteiger partial charge in [-0.05, 0) is 33.6 Å². The zero-order chi connectivity index (χ0) is 14.8. The van der Waals surface area contributed by atoms with Crippen LogP contribution in [0.2, 0.25) is 0 Å². The number of benzene rings is 2. The van der Waals surface area contributed by atoms with E-state index in [2.05, 4.69) is 21.2 Å². The second kappa shape index (κ2) is 5.85. The van der Waals surface area contributed by atoms with Gasteiger partial charge in [0, 0.05) is 19.5 Å². The van der Waals surface area contributed by atoms with Crippen LogP contribution in [0.25, 0.3) is 0 Å². The lowest BCUT2D eigenvalue weighted by atomic mass is 10.2. The molecule has 2 aromatic rings. The molecule has 1 amide bonds. The smallest absolute Gasteiger partial charge is 0.226 e. The molecule has 0 unspecified atom stereocenters. The molecule has 1 aliphatic heterocycles. The minimum atomic E-state index is -0.331. The van der Waals surface area contributed by atoms with E-state index in [0.717, 1.165) is 5.56 Å². The van der Waals surface area contributed by atoms with Crippen molar-refractivity contribution in [1.82, 2.24) is 0 Å². The average Bonchev–Trinajstić information content (AvgIpc) is 2.64. The van der Waals surface area contributed by atoms with E-state index in [-0.39, 0.29) is 11.7 Å². The molecule has 21 heavy (non-hydrogen) atoms. The molecule has 0 saturated carbocycles. The van der Waals surface area contributed by atoms with E-state index in [9.17, 15) is 9.18 Å². The number of fused-ring (bicyclic) bond motifs is 1. The first-order valence-electron chi connectivity index (χ1n) is 6.72. The number of hydrogen-bond acceptors (Lipinski definition) is 2. The Morgan fingerprint density at radius 1 is 1.19 bits per heavy atom. The van der Waals surface area contributed by atoms with Gasteiger partial charge in [0.15, 0.2) is 0 Å². The van der Waals surface area contributed by atoms with Crippen molar-refractivity contribution in [2.75, 3.05) is 16.8 Å². The fourth-order valence-electron chi connectivity index (χ4n) is 2.47. The molecule has 1 heterocycles. The number of carbonyl (C=O) groups excluding carboxylic acids is 1. The predicted molar refractivity (Wildman–Crippen MR) is 84.8 cm³/mol. The fourth-order valence-corrected chi connectivity index (χ4v) is 3.07. The van der Waals surface area contributed by atoms with Gasteiger partial charge < -0.3 is 10.2 Å². The van der Waals surface area contributed by atoms with Crippen LogP contribution in [0.5, 0.6) is 0 Å². The molecule has 2 aromatic carbocycles. The lowest BCUT2D eigenvalue weighted by molar-refractivity contribution is -0.115. The summed E-state index contributed by atoms with van der Waals surface area (Å²) >= 11 is 3.31. The fraction of sp³-hybridized carbons (Fsp3) is 0.188. The van der Waals surface area contributed by atoms with Crippen molar-refractivity contribution in [3.8, 4) is 0 Å². The van der Waals surface area contributed by atoms with Gasteiger partial charge in [-0.3, -0.25) is 4.79 Å². The molecule has 3 rings (SSSR count). The van der Waals surface area contributed by atoms with E-state index >= 15 is 0 Å². The van der Waals surface area contributed by atoms with Crippen LogP contribution in [0.3, 0.4) is 0 Å². The maximum atomic E-state index is 13.9. The maximum Gasteiger partial charge on any atom is 0.226 e. The Hall–Kier alpha value is -1.88. The van der Waals surface area contributed by atoms with E-state index in [1.54, 1.807) is 6.07 Å². The third-order valence-electron chi connectivity index (χ3n) is 3.48. The number of nitrogens with zero attached hydrogens (tertiary/aromatic N) is 1. The molecule has 0 fully saturated rings. The van der Waals surface area contributed by atoms with Gasteiger partial charge in [-0.15, -0.1) is 0 Å². The van der Waals surface area contributed by atoms with E-state index in [1.165, 1.54) is 6.07 Å². The van der Waals surface area contributed by atoms with Crippen molar-refractivity contribution in [3.05, 3.63) is 58.3 Å². The molecule has 108 valence electrons. The highest BCUT2D eigenvalue weighted by atomic mass is 79.9. The van der Waals surface area contributed by atoms with Crippen molar-refractivity contribution in [2.45, 2.75) is 13.0 Å². The number of amides is 1. The van der Waals surface area contributed by atoms with Crippen molar-refractivity contribution < 1.29 is 9.18 Å². The van der Waals surface area contributed by atoms with Gasteiger partial charge in [0.25, 0.3) is 0 Å². The second-order valence-corrected chi connectivity index (χ2v) is 5.76. The van der Waals surface area contributed by atoms with Gasteiger partial charge in [-0.1, -0.05) is 30.3 Å². The first kappa shape index (κ1) is 14.1. The van der Waals surface area contributed by atoms with Crippen LogP contribution in [0.4, 0.5) is 15.8 Å². The van der Waals surface area contributed by atoms with E-state index in [1.807, 2.05) is 35.2 Å². The Balaban J connectivity index is 2.02. The molecule has 1 aliphatic rings. The topological polar surface area (TPSA) is 32.3 Å². The Morgan fingerprint density at radius 2 is 1.95 bits per heavy atom. The van der Waals surface area contributed by atoms with Crippen molar-refractivity contribution in [1.29, 1.82) is 0 Å². The summed E-state index contributed by atoms with van der Waals surface area (Å²) in [4.78, 5) is 13.8. The highest BCUT2D eigenvalue weighted by Gasteiger charge is 2.23. The zero-order valence-electron chi connectivity index (χ0n) is 11.3. The normalized spacial score (nSPS) is 14.4. The Morgan fingerprint density at radius 3 is 2.71 bits per heavy atom. The summed E-state index contributed by atoms with van der Waals surface area (Å²) in [5.74, 6) is -0.381. The number of rotatable bonds is 2. The maximum absolute atomic E-state index is 13.9. The molecule has 0 spiro atoms. The van der Waals surface area contributed by atoms with Crippen LogP contribution in [-0.2, 0) is 11.3 Å². The highest BCUT2D eigenvalue weighted by molar-refractivity contribution is 9.10. The number of anilines is 2. The summed E-state index contributed by atoms with van der Waals surface area (Å²) in [5.41, 5.74) is 2.46. The standard InChI is InChI=1S/C16H14BrFN2O/c17-15-12(18)6-7-13-16(15)20(9-8-14(21)19-13)10-11-4-2-1-3-5-11/h1-7H,8-10H2,(H,19,21). The largest absolute Gasteiger partial charge is 0.364 e. The predicted octanol–water partition coefficient (Wildman–Crippen LogP) is 3.94. The number of hydrogen-bond donors (Lipinski definition) is 1. The monoisotopic (exact) mass is 348 g/mol. The second-order valence-electron chi connectivity index (χ2n) is 4.96. The molecule has 1 N–H and O–H groups in total. The summed E-state index contributed by atoms with van der Waals surface area (Å²) in [6.07, 6.45) is 0.384. The van der Waals surface area contributed by atoms with Crippen molar-refractivity contribution in [2.24, 2.45) is 0 Å². The molecule has 0 atom stereocenters. The molecule has 0 aromatic heterocycles. The van der Waals surface area contributed by atoms with Crippen LogP contribution in [0, 0.1) is 5.82 Å². The van der Waals surface area contributed by atoms with E-state index < -0.39 is 0 Å². The van der Waals surface area contributed by atoms with Gasteiger partial charge in [-0.2, -0.15) is 0 Å². The molecular weight excluding hydrogens is 335 g/mol. The quantitative estimate of drug-likeness (QED) is 0.891. The molecule has 5 heteroatoms. The molecule has 0 aliphatic carbocycles. The van der Waals surface area contributed by atoms with E-state index in [0.29, 0.717) is 35.4 Å². The first-order valence-corrected chi connectivity index (χ1v) is 7.51. The summed E-state index contributed by atoms with van der Waals surface area (Å²) in [5, 5.41) is 2.83. The molecule has 0 radical (unpaired) electrons. The summed E-state index contributed by atoms with van der Waals surface area (Å²) in [6, 6.07) is 12.9. The molecule has 0 bridgehead atoms. The molecule has 0 saturated heterocycles. The lowest BCUT2D eigenvalue weighted by Crippen LogP contribution is -2.24. The molecular formula is C16H14BrFN2O.